The fraction of sp³-hybridized carbons (Fsp3) is 0.429. The van der Waals surface area contributed by atoms with Gasteiger partial charge in [-0.1, -0.05) is 23.7 Å². The number of aromatic nitrogens is 1. The van der Waals surface area contributed by atoms with Crippen LogP contribution in [0.25, 0.3) is 0 Å². The normalized spacial score (nSPS) is 16.9. The molecule has 1 saturated heterocycles. The molecule has 0 spiro atoms. The molecule has 0 bridgehead atoms. The van der Waals surface area contributed by atoms with Gasteiger partial charge in [-0.3, -0.25) is 0 Å². The Bertz CT molecular complexity index is 826. The molecule has 7 heteroatoms. The average Bonchev–Trinajstić information content (AvgIpc) is 3.16. The number of pyridine rings is 1. The van der Waals surface area contributed by atoms with Crippen molar-refractivity contribution >= 4 is 23.4 Å². The number of methoxy groups -OCH3 is 1. The minimum Gasteiger partial charge on any atom is -0.496 e. The lowest BCUT2D eigenvalue weighted by Gasteiger charge is -2.20. The lowest BCUT2D eigenvalue weighted by atomic mass is 10.1. The lowest BCUT2D eigenvalue weighted by molar-refractivity contribution is 0.411. The zero-order chi connectivity index (χ0) is 19.9. The summed E-state index contributed by atoms with van der Waals surface area (Å²) in [6.45, 7) is 7.28. The van der Waals surface area contributed by atoms with Crippen molar-refractivity contribution in [2.45, 2.75) is 32.9 Å². The number of halogens is 1. The van der Waals surface area contributed by atoms with E-state index in [4.69, 9.17) is 21.3 Å². The maximum atomic E-state index is 6.29. The molecule has 1 atom stereocenters. The molecule has 3 rings (SSSR count). The number of hydrogen-bond acceptors (Lipinski definition) is 4. The summed E-state index contributed by atoms with van der Waals surface area (Å²) in [7, 11) is 1.70. The van der Waals surface area contributed by atoms with Gasteiger partial charge in [0.1, 0.15) is 11.6 Å². The van der Waals surface area contributed by atoms with Crippen molar-refractivity contribution in [3.8, 4) is 5.75 Å². The first-order chi connectivity index (χ1) is 13.6. The predicted molar refractivity (Wildman–Crippen MR) is 116 cm³/mol. The Morgan fingerprint density at radius 2 is 2.25 bits per heavy atom. The number of aryl methyl sites for hydroxylation is 1. The van der Waals surface area contributed by atoms with Gasteiger partial charge in [0, 0.05) is 31.9 Å². The number of guanidine groups is 1. The van der Waals surface area contributed by atoms with E-state index in [0.29, 0.717) is 17.6 Å². The van der Waals surface area contributed by atoms with E-state index in [1.165, 1.54) is 0 Å². The Kier molecular flexibility index (Phi) is 6.98. The van der Waals surface area contributed by atoms with Gasteiger partial charge in [-0.25, -0.2) is 9.98 Å². The summed E-state index contributed by atoms with van der Waals surface area (Å²) in [6, 6.07) is 10.2. The molecule has 2 aromatic rings. The van der Waals surface area contributed by atoms with Crippen LogP contribution < -0.4 is 20.3 Å². The summed E-state index contributed by atoms with van der Waals surface area (Å²) in [5.41, 5.74) is 2.24. The van der Waals surface area contributed by atoms with E-state index < -0.39 is 0 Å². The number of benzene rings is 1. The van der Waals surface area contributed by atoms with Crippen molar-refractivity contribution < 1.29 is 4.74 Å². The summed E-state index contributed by atoms with van der Waals surface area (Å²) in [5.74, 6) is 2.56. The van der Waals surface area contributed by atoms with Gasteiger partial charge in [-0.05, 0) is 49.6 Å². The molecular weight excluding hydrogens is 374 g/mol. The van der Waals surface area contributed by atoms with Crippen LogP contribution in [0.1, 0.15) is 24.5 Å². The lowest BCUT2D eigenvalue weighted by Crippen LogP contribution is -2.44. The quantitative estimate of drug-likeness (QED) is 0.574. The molecule has 0 saturated carbocycles. The molecule has 1 aliphatic heterocycles. The zero-order valence-electron chi connectivity index (χ0n) is 16.7. The van der Waals surface area contributed by atoms with Crippen molar-refractivity contribution in [3.63, 3.8) is 0 Å². The van der Waals surface area contributed by atoms with Gasteiger partial charge in [-0.2, -0.15) is 0 Å². The molecule has 1 aromatic heterocycles. The third kappa shape index (κ3) is 5.07. The Balaban J connectivity index is 1.63. The predicted octanol–water partition coefficient (Wildman–Crippen LogP) is 3.39. The fourth-order valence-corrected chi connectivity index (χ4v) is 3.57. The van der Waals surface area contributed by atoms with Crippen molar-refractivity contribution in [2.24, 2.45) is 4.99 Å². The molecule has 150 valence electrons. The Labute approximate surface area is 172 Å². The summed E-state index contributed by atoms with van der Waals surface area (Å²) >= 11 is 6.29. The largest absolute Gasteiger partial charge is 0.496 e. The minimum atomic E-state index is 0.295. The molecule has 2 heterocycles. The van der Waals surface area contributed by atoms with E-state index in [-0.39, 0.29) is 0 Å². The molecule has 1 fully saturated rings. The van der Waals surface area contributed by atoms with E-state index >= 15 is 0 Å². The minimum absolute atomic E-state index is 0.295. The van der Waals surface area contributed by atoms with E-state index in [9.17, 15) is 0 Å². The summed E-state index contributed by atoms with van der Waals surface area (Å²) < 4.78 is 5.41. The summed E-state index contributed by atoms with van der Waals surface area (Å²) in [5, 5.41) is 7.57. The first kappa shape index (κ1) is 20.3. The maximum absolute atomic E-state index is 6.29. The van der Waals surface area contributed by atoms with Gasteiger partial charge in [-0.15, -0.1) is 0 Å². The van der Waals surface area contributed by atoms with E-state index in [2.05, 4.69) is 39.6 Å². The highest BCUT2D eigenvalue weighted by atomic mass is 35.5. The highest BCUT2D eigenvalue weighted by Gasteiger charge is 2.25. The second-order valence-corrected chi connectivity index (χ2v) is 7.29. The maximum Gasteiger partial charge on any atom is 0.191 e. The molecular formula is C21H28ClN5O. The number of ether oxygens (including phenoxy) is 1. The molecule has 28 heavy (non-hydrogen) atoms. The van der Waals surface area contributed by atoms with E-state index in [1.807, 2.05) is 25.1 Å². The number of nitrogens with one attached hydrogen (secondary N) is 2. The van der Waals surface area contributed by atoms with Gasteiger partial charge in [0.15, 0.2) is 5.96 Å². The van der Waals surface area contributed by atoms with Crippen LogP contribution in [-0.2, 0) is 6.54 Å². The Morgan fingerprint density at radius 1 is 1.39 bits per heavy atom. The van der Waals surface area contributed by atoms with Crippen LogP contribution in [0.4, 0.5) is 5.82 Å². The van der Waals surface area contributed by atoms with Crippen LogP contribution in [0.15, 0.2) is 41.5 Å². The topological polar surface area (TPSA) is 61.8 Å². The van der Waals surface area contributed by atoms with E-state index in [0.717, 1.165) is 54.7 Å². The average molecular weight is 402 g/mol. The standard InChI is InChI=1S/C21H28ClN5O/c1-4-23-21(25-13-16-8-7-15(2)19(12-16)28-3)26-17-9-11-27(14-17)20-18(22)6-5-10-24-20/h5-8,10,12,17H,4,9,11,13-14H2,1-3H3,(H2,23,25,26). The summed E-state index contributed by atoms with van der Waals surface area (Å²) in [6.07, 6.45) is 2.79. The third-order valence-electron chi connectivity index (χ3n) is 4.80. The highest BCUT2D eigenvalue weighted by Crippen LogP contribution is 2.25. The van der Waals surface area contributed by atoms with Crippen LogP contribution in [0.3, 0.4) is 0 Å². The van der Waals surface area contributed by atoms with Crippen LogP contribution in [-0.4, -0.2) is 43.7 Å². The SMILES string of the molecule is CCNC(=NCc1ccc(C)c(OC)c1)NC1CCN(c2ncccc2Cl)C1. The molecule has 0 aliphatic carbocycles. The molecule has 0 radical (unpaired) electrons. The van der Waals surface area contributed by atoms with Gasteiger partial charge in [0.25, 0.3) is 0 Å². The van der Waals surface area contributed by atoms with Gasteiger partial charge in [0.05, 0.1) is 18.7 Å². The first-order valence-electron chi connectivity index (χ1n) is 9.64. The van der Waals surface area contributed by atoms with Crippen molar-refractivity contribution in [1.29, 1.82) is 0 Å². The summed E-state index contributed by atoms with van der Waals surface area (Å²) in [4.78, 5) is 11.4. The third-order valence-corrected chi connectivity index (χ3v) is 5.10. The van der Waals surface area contributed by atoms with Crippen LogP contribution in [0, 0.1) is 6.92 Å². The van der Waals surface area contributed by atoms with Gasteiger partial charge >= 0.3 is 0 Å². The zero-order valence-corrected chi connectivity index (χ0v) is 17.5. The smallest absolute Gasteiger partial charge is 0.191 e. The molecule has 1 unspecified atom stereocenters. The molecule has 1 aromatic carbocycles. The monoisotopic (exact) mass is 401 g/mol. The number of nitrogens with zero attached hydrogens (tertiary/aromatic N) is 3. The second-order valence-electron chi connectivity index (χ2n) is 6.88. The van der Waals surface area contributed by atoms with E-state index in [1.54, 1.807) is 13.3 Å². The molecule has 6 nitrogen and oxygen atoms in total. The van der Waals surface area contributed by atoms with Crippen LogP contribution >= 0.6 is 11.6 Å². The molecule has 2 N–H and O–H groups in total. The van der Waals surface area contributed by atoms with Gasteiger partial charge in [0.2, 0.25) is 0 Å². The second kappa shape index (κ2) is 9.64. The number of aliphatic imine (C=N–C) groups is 1. The van der Waals surface area contributed by atoms with Crippen LogP contribution in [0.2, 0.25) is 5.02 Å². The van der Waals surface area contributed by atoms with Crippen molar-refractivity contribution in [3.05, 3.63) is 52.7 Å². The fourth-order valence-electron chi connectivity index (χ4n) is 3.33. The van der Waals surface area contributed by atoms with Crippen molar-refractivity contribution in [2.75, 3.05) is 31.6 Å². The first-order valence-corrected chi connectivity index (χ1v) is 10.0. The van der Waals surface area contributed by atoms with Gasteiger partial charge < -0.3 is 20.3 Å². The van der Waals surface area contributed by atoms with Crippen LogP contribution in [0.5, 0.6) is 5.75 Å². The molecule has 1 aliphatic rings. The molecule has 0 amide bonds. The Hall–Kier alpha value is -2.47. The Morgan fingerprint density at radius 3 is 3.00 bits per heavy atom. The van der Waals surface area contributed by atoms with Crippen molar-refractivity contribution in [1.82, 2.24) is 15.6 Å². The number of hydrogen-bond donors (Lipinski definition) is 2. The number of anilines is 1. The number of rotatable bonds is 6. The highest BCUT2D eigenvalue weighted by molar-refractivity contribution is 6.32.